The normalized spacial score (nSPS) is 11.0. The summed E-state index contributed by atoms with van der Waals surface area (Å²) in [5, 5.41) is 3.23. The lowest BCUT2D eigenvalue weighted by atomic mass is 10.2. The summed E-state index contributed by atoms with van der Waals surface area (Å²) >= 11 is 1.40. The first-order valence-electron chi connectivity index (χ1n) is 6.84. The Morgan fingerprint density at radius 3 is 2.87 bits per heavy atom. The van der Waals surface area contributed by atoms with Gasteiger partial charge in [-0.15, -0.1) is 0 Å². The van der Waals surface area contributed by atoms with Gasteiger partial charge in [-0.2, -0.15) is 0 Å². The molecule has 1 N–H and O–H groups in total. The summed E-state index contributed by atoms with van der Waals surface area (Å²) in [7, 11) is 1.40. The molecule has 4 nitrogen and oxygen atoms in total. The van der Waals surface area contributed by atoms with E-state index in [1.54, 1.807) is 6.07 Å². The topological polar surface area (TPSA) is 51.2 Å². The van der Waals surface area contributed by atoms with Gasteiger partial charge in [0.2, 0.25) is 5.91 Å². The van der Waals surface area contributed by atoms with E-state index in [0.717, 1.165) is 10.2 Å². The van der Waals surface area contributed by atoms with Crippen LogP contribution in [0.5, 0.6) is 5.75 Å². The van der Waals surface area contributed by atoms with Gasteiger partial charge in [-0.3, -0.25) is 10.1 Å². The summed E-state index contributed by atoms with van der Waals surface area (Å²) in [5.74, 6) is -0.623. The second-order valence-corrected chi connectivity index (χ2v) is 5.73. The number of anilines is 1. The molecule has 0 aliphatic carbocycles. The summed E-state index contributed by atoms with van der Waals surface area (Å²) < 4.78 is 19.4. The smallest absolute Gasteiger partial charge is 0.250 e. The van der Waals surface area contributed by atoms with Crippen molar-refractivity contribution in [3.8, 4) is 5.75 Å². The lowest BCUT2D eigenvalue weighted by Gasteiger charge is -2.01. The number of aromatic nitrogens is 1. The number of hydrogen-bond acceptors (Lipinski definition) is 4. The Morgan fingerprint density at radius 1 is 1.30 bits per heavy atom. The van der Waals surface area contributed by atoms with Crippen molar-refractivity contribution in [3.05, 3.63) is 59.9 Å². The van der Waals surface area contributed by atoms with Crippen molar-refractivity contribution < 1.29 is 13.9 Å². The average Bonchev–Trinajstić information content (AvgIpc) is 2.95. The summed E-state index contributed by atoms with van der Waals surface area (Å²) in [6.45, 7) is 0. The SMILES string of the molecule is COc1ccc(/C=C/C(=O)Nc2nc3ccccc3s2)cc1F. The first-order chi connectivity index (χ1) is 11.2. The molecular weight excluding hydrogens is 315 g/mol. The van der Waals surface area contributed by atoms with Gasteiger partial charge in [0.1, 0.15) is 0 Å². The second kappa shape index (κ2) is 6.58. The molecule has 0 bridgehead atoms. The molecule has 0 radical (unpaired) electrons. The fraction of sp³-hybridized carbons (Fsp3) is 0.0588. The number of carbonyl (C=O) groups is 1. The Balaban J connectivity index is 1.70. The molecule has 1 aromatic heterocycles. The predicted octanol–water partition coefficient (Wildman–Crippen LogP) is 4.10. The summed E-state index contributed by atoms with van der Waals surface area (Å²) in [4.78, 5) is 16.2. The fourth-order valence-electron chi connectivity index (χ4n) is 2.03. The van der Waals surface area contributed by atoms with E-state index in [4.69, 9.17) is 4.74 Å². The van der Waals surface area contributed by atoms with Gasteiger partial charge < -0.3 is 4.74 Å². The van der Waals surface area contributed by atoms with Gasteiger partial charge in [-0.05, 0) is 35.9 Å². The molecule has 0 saturated heterocycles. The maximum atomic E-state index is 13.6. The molecule has 0 unspecified atom stereocenters. The van der Waals surface area contributed by atoms with E-state index in [1.165, 1.54) is 42.7 Å². The predicted molar refractivity (Wildman–Crippen MR) is 90.2 cm³/mol. The standard InChI is InChI=1S/C17H13FN2O2S/c1-22-14-8-6-11(10-12(14)18)7-9-16(21)20-17-19-13-4-2-3-5-15(13)23-17/h2-10H,1H3,(H,19,20,21)/b9-7+. The molecule has 116 valence electrons. The lowest BCUT2D eigenvalue weighted by molar-refractivity contribution is -0.111. The molecule has 2 aromatic carbocycles. The minimum Gasteiger partial charge on any atom is -0.494 e. The van der Waals surface area contributed by atoms with E-state index in [0.29, 0.717) is 10.7 Å². The quantitative estimate of drug-likeness (QED) is 0.734. The fourth-order valence-corrected chi connectivity index (χ4v) is 2.90. The highest BCUT2D eigenvalue weighted by Gasteiger charge is 2.06. The monoisotopic (exact) mass is 328 g/mol. The van der Waals surface area contributed by atoms with Crippen molar-refractivity contribution in [2.24, 2.45) is 0 Å². The number of halogens is 1. The number of thiazole rings is 1. The third kappa shape index (κ3) is 3.54. The van der Waals surface area contributed by atoms with Crippen molar-refractivity contribution in [1.29, 1.82) is 0 Å². The first kappa shape index (κ1) is 15.2. The summed E-state index contributed by atoms with van der Waals surface area (Å²) in [6.07, 6.45) is 2.87. The Hall–Kier alpha value is -2.73. The molecule has 1 amide bonds. The molecule has 0 aliphatic rings. The van der Waals surface area contributed by atoms with Crippen LogP contribution < -0.4 is 10.1 Å². The van der Waals surface area contributed by atoms with Crippen LogP contribution >= 0.6 is 11.3 Å². The maximum absolute atomic E-state index is 13.6. The molecule has 0 saturated carbocycles. The molecule has 1 heterocycles. The summed E-state index contributed by atoms with van der Waals surface area (Å²) in [5.41, 5.74) is 1.41. The highest BCUT2D eigenvalue weighted by atomic mass is 32.1. The number of hydrogen-bond donors (Lipinski definition) is 1. The van der Waals surface area contributed by atoms with Crippen LogP contribution in [-0.4, -0.2) is 18.0 Å². The maximum Gasteiger partial charge on any atom is 0.250 e. The Labute approximate surface area is 136 Å². The van der Waals surface area contributed by atoms with Crippen LogP contribution in [0.25, 0.3) is 16.3 Å². The highest BCUT2D eigenvalue weighted by molar-refractivity contribution is 7.22. The molecule has 23 heavy (non-hydrogen) atoms. The van der Waals surface area contributed by atoms with Gasteiger partial charge in [0.25, 0.3) is 0 Å². The number of fused-ring (bicyclic) bond motifs is 1. The molecule has 3 rings (SSSR count). The van der Waals surface area contributed by atoms with Crippen molar-refractivity contribution in [3.63, 3.8) is 0 Å². The van der Waals surface area contributed by atoms with Crippen LogP contribution in [0.3, 0.4) is 0 Å². The minimum absolute atomic E-state index is 0.168. The zero-order chi connectivity index (χ0) is 16.2. The van der Waals surface area contributed by atoms with Crippen LogP contribution in [0.4, 0.5) is 9.52 Å². The number of benzene rings is 2. The van der Waals surface area contributed by atoms with Crippen LogP contribution in [0.15, 0.2) is 48.5 Å². The third-order valence-electron chi connectivity index (χ3n) is 3.13. The number of amides is 1. The van der Waals surface area contributed by atoms with Gasteiger partial charge in [-0.25, -0.2) is 9.37 Å². The second-order valence-electron chi connectivity index (χ2n) is 4.70. The van der Waals surface area contributed by atoms with Crippen molar-refractivity contribution in [1.82, 2.24) is 4.98 Å². The molecular formula is C17H13FN2O2S. The average molecular weight is 328 g/mol. The van der Waals surface area contributed by atoms with Gasteiger partial charge in [0, 0.05) is 6.08 Å². The number of methoxy groups -OCH3 is 1. The number of ether oxygens (including phenoxy) is 1. The van der Waals surface area contributed by atoms with Gasteiger partial charge >= 0.3 is 0 Å². The third-order valence-corrected chi connectivity index (χ3v) is 4.08. The van der Waals surface area contributed by atoms with Crippen molar-refractivity contribution in [2.45, 2.75) is 0 Å². The number of carbonyl (C=O) groups excluding carboxylic acids is 1. The van der Waals surface area contributed by atoms with Gasteiger partial charge in [-0.1, -0.05) is 29.5 Å². The molecule has 0 aliphatic heterocycles. The van der Waals surface area contributed by atoms with Gasteiger partial charge in [0.05, 0.1) is 17.3 Å². The Bertz CT molecular complexity index is 856. The zero-order valence-corrected chi connectivity index (χ0v) is 13.1. The van der Waals surface area contributed by atoms with E-state index in [9.17, 15) is 9.18 Å². The minimum atomic E-state index is -0.471. The van der Waals surface area contributed by atoms with E-state index in [2.05, 4.69) is 10.3 Å². The van der Waals surface area contributed by atoms with E-state index in [-0.39, 0.29) is 11.7 Å². The largest absolute Gasteiger partial charge is 0.494 e. The van der Waals surface area contributed by atoms with Crippen molar-refractivity contribution >= 4 is 38.7 Å². The molecule has 3 aromatic rings. The van der Waals surface area contributed by atoms with Crippen LogP contribution in [-0.2, 0) is 4.79 Å². The van der Waals surface area contributed by atoms with Crippen molar-refractivity contribution in [2.75, 3.05) is 12.4 Å². The number of nitrogens with one attached hydrogen (secondary N) is 1. The number of nitrogens with zero attached hydrogens (tertiary/aromatic N) is 1. The van der Waals surface area contributed by atoms with Crippen LogP contribution in [0, 0.1) is 5.82 Å². The number of para-hydroxylation sites is 1. The summed E-state index contributed by atoms with van der Waals surface area (Å²) in [6, 6.07) is 12.1. The molecule has 0 atom stereocenters. The van der Waals surface area contributed by atoms with E-state index >= 15 is 0 Å². The molecule has 0 fully saturated rings. The Kier molecular flexibility index (Phi) is 4.34. The van der Waals surface area contributed by atoms with E-state index < -0.39 is 5.82 Å². The number of rotatable bonds is 4. The van der Waals surface area contributed by atoms with Crippen LogP contribution in [0.1, 0.15) is 5.56 Å². The zero-order valence-electron chi connectivity index (χ0n) is 12.2. The van der Waals surface area contributed by atoms with Gasteiger partial charge in [0.15, 0.2) is 16.7 Å². The molecule has 6 heteroatoms. The Morgan fingerprint density at radius 2 is 2.13 bits per heavy atom. The highest BCUT2D eigenvalue weighted by Crippen LogP contribution is 2.25. The van der Waals surface area contributed by atoms with E-state index in [1.807, 2.05) is 24.3 Å². The first-order valence-corrected chi connectivity index (χ1v) is 7.65. The van der Waals surface area contributed by atoms with Crippen LogP contribution in [0.2, 0.25) is 0 Å². The molecule has 0 spiro atoms. The lowest BCUT2D eigenvalue weighted by Crippen LogP contribution is -2.07.